The van der Waals surface area contributed by atoms with Crippen LogP contribution in [0.4, 0.5) is 0 Å². The monoisotopic (exact) mass is 837 g/mol. The molecule has 2 aromatic heterocycles. The van der Waals surface area contributed by atoms with E-state index in [1.54, 1.807) is 0 Å². The summed E-state index contributed by atoms with van der Waals surface area (Å²) in [7, 11) is 0. The van der Waals surface area contributed by atoms with Gasteiger partial charge in [0.1, 0.15) is 11.5 Å². The second-order valence-electron chi connectivity index (χ2n) is 21.8. The first-order valence-electron chi connectivity index (χ1n) is 27.7. The summed E-state index contributed by atoms with van der Waals surface area (Å²) >= 11 is 0. The molecule has 0 N–H and O–H groups in total. The number of nitrogens with zero attached hydrogens (tertiary/aromatic N) is 2. The Labute approximate surface area is 378 Å². The van der Waals surface area contributed by atoms with Crippen molar-refractivity contribution < 1.29 is 4.74 Å². The maximum absolute atomic E-state index is 6.76. The van der Waals surface area contributed by atoms with Crippen molar-refractivity contribution in [1.82, 2.24) is 9.97 Å². The van der Waals surface area contributed by atoms with E-state index in [2.05, 4.69) is 39.8 Å². The number of unbranched alkanes of at least 4 members (excludes halogenated alkanes) is 10. The fourth-order valence-electron chi connectivity index (χ4n) is 13.1. The zero-order valence-electron chi connectivity index (χ0n) is 40.7. The normalized spacial score (nSPS) is 27.3. The van der Waals surface area contributed by atoms with Crippen molar-refractivity contribution in [3.63, 3.8) is 0 Å². The number of ether oxygens (including phenoxy) is 1. The maximum Gasteiger partial charge on any atom is 0.146 e. The van der Waals surface area contributed by atoms with Gasteiger partial charge in [-0.2, -0.15) is 0 Å². The molecule has 0 aliphatic heterocycles. The summed E-state index contributed by atoms with van der Waals surface area (Å²) in [5.41, 5.74) is 5.58. The van der Waals surface area contributed by atoms with E-state index in [-0.39, 0.29) is 0 Å². The van der Waals surface area contributed by atoms with E-state index in [0.717, 1.165) is 71.7 Å². The Morgan fingerprint density at radius 1 is 0.393 bits per heavy atom. The molecule has 0 aromatic carbocycles. The molecule has 0 spiro atoms. The summed E-state index contributed by atoms with van der Waals surface area (Å²) in [6.07, 6.45) is 54.1. The van der Waals surface area contributed by atoms with Crippen LogP contribution < -0.4 is 4.74 Å². The molecule has 344 valence electrons. The fraction of sp³-hybridized carbons (Fsp3) is 0.828. The standard InChI is InChI=1S/C58H96N2O/c1-5-9-13-17-19-45-23-31-49(32-24-45)51-35-27-47(28-36-51)39-53-41-55(43-59-57(53)21-15-11-7-3)61-56-42-54(58(60-44-56)22-16-12-8-4)40-48-29-37-52(38-30-48)50-33-25-46(26-34-50)20-18-14-10-6-2/h41-52H,5-40H2,1-4H3. The Morgan fingerprint density at radius 2 is 0.721 bits per heavy atom. The lowest BCUT2D eigenvalue weighted by molar-refractivity contribution is 0.142. The Bertz CT molecular complexity index is 1340. The number of hydrogen-bond donors (Lipinski definition) is 0. The molecule has 0 bridgehead atoms. The minimum atomic E-state index is 0.786. The lowest BCUT2D eigenvalue weighted by Gasteiger charge is -2.38. The van der Waals surface area contributed by atoms with Crippen molar-refractivity contribution in [2.75, 3.05) is 0 Å². The Balaban J connectivity index is 1.02. The first kappa shape index (κ1) is 48.6. The van der Waals surface area contributed by atoms with Crippen LogP contribution >= 0.6 is 0 Å². The second kappa shape index (κ2) is 27.4. The van der Waals surface area contributed by atoms with Gasteiger partial charge in [0.05, 0.1) is 12.4 Å². The lowest BCUT2D eigenvalue weighted by Crippen LogP contribution is -2.26. The van der Waals surface area contributed by atoms with Crippen molar-refractivity contribution in [2.45, 2.75) is 259 Å². The fourth-order valence-corrected chi connectivity index (χ4v) is 13.1. The topological polar surface area (TPSA) is 35.0 Å². The van der Waals surface area contributed by atoms with Gasteiger partial charge in [0, 0.05) is 11.4 Å². The highest BCUT2D eigenvalue weighted by Gasteiger charge is 2.33. The molecular weight excluding hydrogens is 741 g/mol. The highest BCUT2D eigenvalue weighted by molar-refractivity contribution is 5.36. The largest absolute Gasteiger partial charge is 0.454 e. The molecule has 4 saturated carbocycles. The summed E-state index contributed by atoms with van der Waals surface area (Å²) in [5, 5.41) is 0. The van der Waals surface area contributed by atoms with Crippen LogP contribution in [0.15, 0.2) is 24.5 Å². The molecule has 4 aliphatic carbocycles. The van der Waals surface area contributed by atoms with Crippen LogP contribution in [-0.2, 0) is 25.7 Å². The van der Waals surface area contributed by atoms with Gasteiger partial charge in [0.2, 0.25) is 0 Å². The number of pyridine rings is 2. The minimum Gasteiger partial charge on any atom is -0.454 e. The lowest BCUT2D eigenvalue weighted by atomic mass is 9.68. The zero-order chi connectivity index (χ0) is 42.5. The SMILES string of the molecule is CCCCCCC1CCC(C2CCC(Cc3cc(Oc4cnc(CCCCC)c(CC5CCC(C6CCC(CCCCCC)CC6)CC5)c4)cnc3CCCCC)CC2)CC1. The van der Waals surface area contributed by atoms with Crippen molar-refractivity contribution in [3.8, 4) is 11.5 Å². The van der Waals surface area contributed by atoms with Gasteiger partial charge in [0.25, 0.3) is 0 Å². The third kappa shape index (κ3) is 16.2. The van der Waals surface area contributed by atoms with Crippen LogP contribution in [0.5, 0.6) is 11.5 Å². The molecule has 61 heavy (non-hydrogen) atoms. The molecular formula is C58H96N2O. The van der Waals surface area contributed by atoms with Crippen molar-refractivity contribution >= 4 is 0 Å². The molecule has 3 heteroatoms. The molecule has 0 saturated heterocycles. The van der Waals surface area contributed by atoms with Gasteiger partial charge in [-0.1, -0.05) is 143 Å². The highest BCUT2D eigenvalue weighted by atomic mass is 16.5. The molecule has 4 fully saturated rings. The van der Waals surface area contributed by atoms with Crippen LogP contribution in [0.2, 0.25) is 0 Å². The van der Waals surface area contributed by atoms with E-state index in [0.29, 0.717) is 0 Å². The van der Waals surface area contributed by atoms with Crippen molar-refractivity contribution in [3.05, 3.63) is 47.0 Å². The molecule has 3 nitrogen and oxygen atoms in total. The predicted octanol–water partition coefficient (Wildman–Crippen LogP) is 18.0. The first-order chi connectivity index (χ1) is 30.0. The average molecular weight is 837 g/mol. The maximum atomic E-state index is 6.76. The Morgan fingerprint density at radius 3 is 1.07 bits per heavy atom. The molecule has 4 aliphatic rings. The van der Waals surface area contributed by atoms with Crippen LogP contribution in [0.3, 0.4) is 0 Å². The van der Waals surface area contributed by atoms with Gasteiger partial charge in [-0.15, -0.1) is 0 Å². The summed E-state index contributed by atoms with van der Waals surface area (Å²) in [6.45, 7) is 9.30. The van der Waals surface area contributed by atoms with Gasteiger partial charge in [-0.25, -0.2) is 0 Å². The number of aryl methyl sites for hydroxylation is 2. The molecule has 0 atom stereocenters. The van der Waals surface area contributed by atoms with Crippen molar-refractivity contribution in [2.24, 2.45) is 47.3 Å². The average Bonchev–Trinajstić information content (AvgIpc) is 3.29. The third-order valence-electron chi connectivity index (χ3n) is 17.2. The summed E-state index contributed by atoms with van der Waals surface area (Å²) in [5.74, 6) is 9.41. The second-order valence-corrected chi connectivity index (χ2v) is 21.8. The minimum absolute atomic E-state index is 0.786. The van der Waals surface area contributed by atoms with Crippen molar-refractivity contribution in [1.29, 1.82) is 0 Å². The van der Waals surface area contributed by atoms with Crippen LogP contribution in [0, 0.1) is 47.3 Å². The number of hydrogen-bond acceptors (Lipinski definition) is 3. The summed E-state index contributed by atoms with van der Waals surface area (Å²) in [6, 6.07) is 4.77. The highest BCUT2D eigenvalue weighted by Crippen LogP contribution is 2.45. The molecule has 2 heterocycles. The first-order valence-corrected chi connectivity index (χ1v) is 27.7. The Hall–Kier alpha value is -1.90. The van der Waals surface area contributed by atoms with Gasteiger partial charge in [0.15, 0.2) is 0 Å². The smallest absolute Gasteiger partial charge is 0.146 e. The zero-order valence-corrected chi connectivity index (χ0v) is 40.7. The quantitative estimate of drug-likeness (QED) is 0.0886. The van der Waals surface area contributed by atoms with E-state index < -0.39 is 0 Å². The molecule has 0 radical (unpaired) electrons. The molecule has 2 aromatic rings. The van der Waals surface area contributed by atoms with Gasteiger partial charge >= 0.3 is 0 Å². The van der Waals surface area contributed by atoms with Crippen LogP contribution in [0.1, 0.15) is 256 Å². The van der Waals surface area contributed by atoms with E-state index in [1.807, 2.05) is 12.4 Å². The molecule has 0 unspecified atom stereocenters. The Kier molecular flexibility index (Phi) is 21.8. The van der Waals surface area contributed by atoms with Gasteiger partial charge in [-0.05, 0) is 186 Å². The molecule has 6 rings (SSSR count). The van der Waals surface area contributed by atoms with E-state index in [1.165, 1.54) is 241 Å². The summed E-state index contributed by atoms with van der Waals surface area (Å²) in [4.78, 5) is 10.3. The van der Waals surface area contributed by atoms with Gasteiger partial charge < -0.3 is 4.74 Å². The van der Waals surface area contributed by atoms with E-state index >= 15 is 0 Å². The van der Waals surface area contributed by atoms with E-state index in [4.69, 9.17) is 14.7 Å². The molecule has 0 amide bonds. The van der Waals surface area contributed by atoms with E-state index in [9.17, 15) is 0 Å². The summed E-state index contributed by atoms with van der Waals surface area (Å²) < 4.78 is 6.76. The van der Waals surface area contributed by atoms with Gasteiger partial charge in [-0.3, -0.25) is 9.97 Å². The number of aromatic nitrogens is 2. The van der Waals surface area contributed by atoms with Crippen LogP contribution in [0.25, 0.3) is 0 Å². The van der Waals surface area contributed by atoms with Crippen LogP contribution in [-0.4, -0.2) is 9.97 Å². The number of rotatable bonds is 26. The third-order valence-corrected chi connectivity index (χ3v) is 17.2. The predicted molar refractivity (Wildman–Crippen MR) is 262 cm³/mol.